The van der Waals surface area contributed by atoms with Gasteiger partial charge in [-0.15, -0.1) is 11.3 Å². The third kappa shape index (κ3) is 4.30. The maximum atomic E-state index is 12.4. The second-order valence-corrected chi connectivity index (χ2v) is 8.85. The van der Waals surface area contributed by atoms with E-state index in [9.17, 15) is 14.9 Å². The molecule has 134 valence electrons. The summed E-state index contributed by atoms with van der Waals surface area (Å²) in [6, 6.07) is 5.00. The number of carbonyl (C=O) groups is 1. The van der Waals surface area contributed by atoms with E-state index in [2.05, 4.69) is 11.9 Å². The molecule has 1 aliphatic carbocycles. The number of nitrogens with zero attached hydrogens (tertiary/aromatic N) is 3. The minimum atomic E-state index is -0.407. The molecule has 1 aliphatic rings. The summed E-state index contributed by atoms with van der Waals surface area (Å²) in [7, 11) is 1.89. The number of carbonyl (C=O) groups excluding carboxylic acids is 1. The van der Waals surface area contributed by atoms with Gasteiger partial charge in [0.25, 0.3) is 5.69 Å². The van der Waals surface area contributed by atoms with Gasteiger partial charge in [-0.05, 0) is 37.7 Å². The van der Waals surface area contributed by atoms with Crippen molar-refractivity contribution in [3.05, 3.63) is 28.3 Å². The highest BCUT2D eigenvalue weighted by Gasteiger charge is 2.25. The Kier molecular flexibility index (Phi) is 5.58. The number of non-ortho nitro benzene ring substituents is 1. The predicted molar refractivity (Wildman–Crippen MR) is 101 cm³/mol. The molecule has 0 spiro atoms. The van der Waals surface area contributed by atoms with E-state index in [1.807, 2.05) is 11.9 Å². The van der Waals surface area contributed by atoms with Crippen LogP contribution in [0.25, 0.3) is 10.2 Å². The van der Waals surface area contributed by atoms with Gasteiger partial charge in [0.05, 0.1) is 20.9 Å². The van der Waals surface area contributed by atoms with Gasteiger partial charge in [-0.2, -0.15) is 0 Å². The molecular weight excluding hydrogens is 358 g/mol. The summed E-state index contributed by atoms with van der Waals surface area (Å²) < 4.78 is 1.55. The van der Waals surface area contributed by atoms with E-state index in [1.165, 1.54) is 48.1 Å². The molecule has 1 aromatic carbocycles. The highest BCUT2D eigenvalue weighted by molar-refractivity contribution is 8.01. The van der Waals surface area contributed by atoms with Gasteiger partial charge in [0.1, 0.15) is 0 Å². The lowest BCUT2D eigenvalue weighted by molar-refractivity contribution is -0.384. The Morgan fingerprint density at radius 3 is 2.80 bits per heavy atom. The lowest BCUT2D eigenvalue weighted by Crippen LogP contribution is -2.40. The fourth-order valence-corrected chi connectivity index (χ4v) is 5.15. The monoisotopic (exact) mass is 379 g/mol. The Labute approximate surface area is 154 Å². The molecule has 0 aliphatic heterocycles. The van der Waals surface area contributed by atoms with E-state index in [-0.39, 0.29) is 11.6 Å². The first-order valence-electron chi connectivity index (χ1n) is 8.37. The number of hydrogen-bond acceptors (Lipinski definition) is 6. The maximum Gasteiger partial charge on any atom is 0.270 e. The Bertz CT molecular complexity index is 785. The number of thiazole rings is 1. The Morgan fingerprint density at radius 1 is 1.40 bits per heavy atom. The summed E-state index contributed by atoms with van der Waals surface area (Å²) in [5, 5.41) is 10.8. The average molecular weight is 380 g/mol. The lowest BCUT2D eigenvalue weighted by atomic mass is 9.87. The number of amides is 1. The highest BCUT2D eigenvalue weighted by Crippen LogP contribution is 2.32. The quantitative estimate of drug-likeness (QED) is 0.439. The Balaban J connectivity index is 1.60. The molecule has 0 bridgehead atoms. The van der Waals surface area contributed by atoms with Gasteiger partial charge in [0.2, 0.25) is 5.91 Å². The van der Waals surface area contributed by atoms with Crippen molar-refractivity contribution < 1.29 is 9.72 Å². The minimum absolute atomic E-state index is 0.0648. The van der Waals surface area contributed by atoms with Crippen molar-refractivity contribution >= 4 is 44.9 Å². The fraction of sp³-hybridized carbons (Fsp3) is 0.529. The van der Waals surface area contributed by atoms with E-state index >= 15 is 0 Å². The molecule has 0 atom stereocenters. The van der Waals surface area contributed by atoms with Gasteiger partial charge in [-0.25, -0.2) is 4.98 Å². The van der Waals surface area contributed by atoms with Crippen LogP contribution in [-0.4, -0.2) is 39.6 Å². The molecule has 1 amide bonds. The van der Waals surface area contributed by atoms with Crippen molar-refractivity contribution in [2.45, 2.75) is 43.0 Å². The van der Waals surface area contributed by atoms with Crippen LogP contribution in [0.5, 0.6) is 0 Å². The predicted octanol–water partition coefficient (Wildman–Crippen LogP) is 4.33. The van der Waals surface area contributed by atoms with Gasteiger partial charge < -0.3 is 4.90 Å². The molecule has 1 aromatic heterocycles. The first kappa shape index (κ1) is 18.1. The molecule has 6 nitrogen and oxygen atoms in total. The van der Waals surface area contributed by atoms with E-state index in [0.717, 1.165) is 33.3 Å². The first-order chi connectivity index (χ1) is 11.9. The van der Waals surface area contributed by atoms with Crippen molar-refractivity contribution in [2.75, 3.05) is 12.8 Å². The number of fused-ring (bicyclic) bond motifs is 1. The molecule has 0 saturated heterocycles. The Morgan fingerprint density at radius 2 is 2.12 bits per heavy atom. The smallest absolute Gasteiger partial charge is 0.270 e. The molecule has 0 N–H and O–H groups in total. The van der Waals surface area contributed by atoms with Gasteiger partial charge >= 0.3 is 0 Å². The number of hydrogen-bond donors (Lipinski definition) is 0. The summed E-state index contributed by atoms with van der Waals surface area (Å²) in [5.41, 5.74) is 0.801. The molecule has 2 aromatic rings. The van der Waals surface area contributed by atoms with Gasteiger partial charge in [0, 0.05) is 25.2 Å². The van der Waals surface area contributed by atoms with Crippen molar-refractivity contribution in [2.24, 2.45) is 5.92 Å². The fourth-order valence-electron chi connectivity index (χ4n) is 3.13. The average Bonchev–Trinajstić information content (AvgIpc) is 3.01. The van der Waals surface area contributed by atoms with E-state index in [4.69, 9.17) is 0 Å². The second kappa shape index (κ2) is 7.70. The molecule has 0 unspecified atom stereocenters. The van der Waals surface area contributed by atoms with Gasteiger partial charge in [0.15, 0.2) is 4.34 Å². The van der Waals surface area contributed by atoms with Crippen LogP contribution in [-0.2, 0) is 4.79 Å². The second-order valence-electron chi connectivity index (χ2n) is 6.60. The van der Waals surface area contributed by atoms with E-state index < -0.39 is 4.92 Å². The third-order valence-electron chi connectivity index (χ3n) is 4.81. The van der Waals surface area contributed by atoms with Crippen LogP contribution in [0, 0.1) is 16.0 Å². The Hall–Kier alpha value is -1.67. The normalized spacial score (nSPS) is 20.6. The number of benzene rings is 1. The summed E-state index contributed by atoms with van der Waals surface area (Å²) in [6.07, 6.45) is 4.54. The topological polar surface area (TPSA) is 76.3 Å². The number of aromatic nitrogens is 1. The summed E-state index contributed by atoms with van der Waals surface area (Å²) in [6.45, 7) is 2.27. The molecule has 1 heterocycles. The summed E-state index contributed by atoms with van der Waals surface area (Å²) in [4.78, 5) is 29.2. The van der Waals surface area contributed by atoms with Crippen LogP contribution < -0.4 is 0 Å². The SMILES string of the molecule is CC1CCC(N(C)C(=O)CSc2nc3ccc([N+](=O)[O-])cc3s2)CC1. The van der Waals surface area contributed by atoms with Crippen LogP contribution in [0.4, 0.5) is 5.69 Å². The maximum absolute atomic E-state index is 12.4. The zero-order valence-corrected chi connectivity index (χ0v) is 15.9. The van der Waals surface area contributed by atoms with Crippen LogP contribution in [0.15, 0.2) is 22.5 Å². The molecule has 3 rings (SSSR count). The van der Waals surface area contributed by atoms with Crippen molar-refractivity contribution in [1.82, 2.24) is 9.88 Å². The zero-order chi connectivity index (χ0) is 18.0. The largest absolute Gasteiger partial charge is 0.342 e. The minimum Gasteiger partial charge on any atom is -0.342 e. The summed E-state index contributed by atoms with van der Waals surface area (Å²) in [5.74, 6) is 1.24. The summed E-state index contributed by atoms with van der Waals surface area (Å²) >= 11 is 2.80. The third-order valence-corrected chi connectivity index (χ3v) is 6.95. The number of nitro benzene ring substituents is 1. The molecule has 25 heavy (non-hydrogen) atoms. The standard InChI is InChI=1S/C17H21N3O3S2/c1-11-3-5-12(6-4-11)19(2)16(21)10-24-17-18-14-8-7-13(20(22)23)9-15(14)25-17/h7-9,11-12H,3-6,10H2,1-2H3. The van der Waals surface area contributed by atoms with Crippen molar-refractivity contribution in [3.63, 3.8) is 0 Å². The molecule has 1 saturated carbocycles. The molecule has 0 radical (unpaired) electrons. The van der Waals surface area contributed by atoms with Crippen LogP contribution in [0.1, 0.15) is 32.6 Å². The number of nitro groups is 1. The van der Waals surface area contributed by atoms with Crippen LogP contribution >= 0.6 is 23.1 Å². The lowest BCUT2D eigenvalue weighted by Gasteiger charge is -2.33. The zero-order valence-electron chi connectivity index (χ0n) is 14.3. The van der Waals surface area contributed by atoms with E-state index in [1.54, 1.807) is 6.07 Å². The van der Waals surface area contributed by atoms with Crippen LogP contribution in [0.2, 0.25) is 0 Å². The molecular formula is C17H21N3O3S2. The number of rotatable bonds is 5. The highest BCUT2D eigenvalue weighted by atomic mass is 32.2. The van der Waals surface area contributed by atoms with Crippen molar-refractivity contribution in [3.8, 4) is 0 Å². The van der Waals surface area contributed by atoms with Gasteiger partial charge in [-0.3, -0.25) is 14.9 Å². The van der Waals surface area contributed by atoms with Crippen LogP contribution in [0.3, 0.4) is 0 Å². The number of thioether (sulfide) groups is 1. The van der Waals surface area contributed by atoms with Crippen molar-refractivity contribution in [1.29, 1.82) is 0 Å². The first-order valence-corrected chi connectivity index (χ1v) is 10.2. The van der Waals surface area contributed by atoms with E-state index in [0.29, 0.717) is 11.8 Å². The molecule has 1 fully saturated rings. The molecule has 8 heteroatoms. The van der Waals surface area contributed by atoms with Gasteiger partial charge in [-0.1, -0.05) is 18.7 Å².